The molecule has 3 aromatic heterocycles. The summed E-state index contributed by atoms with van der Waals surface area (Å²) in [5.41, 5.74) is 3.89. The van der Waals surface area contributed by atoms with E-state index in [0.717, 1.165) is 32.2 Å². The van der Waals surface area contributed by atoms with Gasteiger partial charge in [0.05, 0.1) is 11.3 Å². The smallest absolute Gasteiger partial charge is 0.169 e. The van der Waals surface area contributed by atoms with Crippen LogP contribution in [0.25, 0.3) is 21.6 Å². The predicted octanol–water partition coefficient (Wildman–Crippen LogP) is 2.45. The minimum absolute atomic E-state index is 0.259. The highest BCUT2D eigenvalue weighted by atomic mass is 32.1. The van der Waals surface area contributed by atoms with Gasteiger partial charge in [-0.15, -0.1) is 16.9 Å². The first-order chi connectivity index (χ1) is 13.3. The molecule has 0 saturated heterocycles. The van der Waals surface area contributed by atoms with E-state index in [4.69, 9.17) is 9.72 Å². The van der Waals surface area contributed by atoms with Crippen molar-refractivity contribution in [2.75, 3.05) is 31.2 Å². The Morgan fingerprint density at radius 1 is 1.18 bits per heavy atom. The Balaban J connectivity index is 1.49. The lowest BCUT2D eigenvalue weighted by Crippen LogP contribution is -2.53. The molecule has 4 heterocycles. The van der Waals surface area contributed by atoms with Gasteiger partial charge in [-0.2, -0.15) is 0 Å². The Kier molecular flexibility index (Phi) is 3.70. The van der Waals surface area contributed by atoms with Crippen molar-refractivity contribution in [3.8, 4) is 11.4 Å². The molecule has 0 aromatic carbocycles. The SMILES string of the molecule is COC1(C)CC(O)(c2cc3cnc(-c4cnc5c(c4)N(C)NN5C)nc3s2)C1. The van der Waals surface area contributed by atoms with Crippen molar-refractivity contribution < 1.29 is 9.84 Å². The molecular weight excluding hydrogens is 376 g/mol. The molecular formula is C19H22N6O2S. The number of pyridine rings is 1. The topological polar surface area (TPSA) is 86.6 Å². The summed E-state index contributed by atoms with van der Waals surface area (Å²) in [6.45, 7) is 2.02. The highest BCUT2D eigenvalue weighted by Gasteiger charge is 2.53. The Morgan fingerprint density at radius 3 is 2.71 bits per heavy atom. The summed E-state index contributed by atoms with van der Waals surface area (Å²) < 4.78 is 5.49. The number of hydrogen-bond acceptors (Lipinski definition) is 9. The second kappa shape index (κ2) is 5.84. The molecule has 2 aliphatic rings. The molecule has 3 aromatic rings. The van der Waals surface area contributed by atoms with Gasteiger partial charge < -0.3 is 9.84 Å². The molecule has 0 radical (unpaired) electrons. The predicted molar refractivity (Wildman–Crippen MR) is 109 cm³/mol. The molecule has 2 N–H and O–H groups in total. The van der Waals surface area contributed by atoms with Crippen molar-refractivity contribution in [2.45, 2.75) is 31.0 Å². The Hall–Kier alpha value is -2.33. The van der Waals surface area contributed by atoms with Crippen LogP contribution >= 0.6 is 11.3 Å². The summed E-state index contributed by atoms with van der Waals surface area (Å²) >= 11 is 1.52. The Morgan fingerprint density at radius 2 is 1.96 bits per heavy atom. The molecule has 1 saturated carbocycles. The van der Waals surface area contributed by atoms with Crippen molar-refractivity contribution in [1.82, 2.24) is 20.5 Å². The number of thiophene rings is 1. The molecule has 1 aliphatic heterocycles. The highest BCUT2D eigenvalue weighted by Crippen LogP contribution is 2.52. The average molecular weight is 398 g/mol. The summed E-state index contributed by atoms with van der Waals surface area (Å²) in [6, 6.07) is 4.02. The first kappa shape index (κ1) is 17.7. The summed E-state index contributed by atoms with van der Waals surface area (Å²) in [4.78, 5) is 15.6. The van der Waals surface area contributed by atoms with Gasteiger partial charge in [0.25, 0.3) is 0 Å². The first-order valence-corrected chi connectivity index (χ1v) is 9.91. The van der Waals surface area contributed by atoms with Crippen molar-refractivity contribution >= 4 is 33.1 Å². The monoisotopic (exact) mass is 398 g/mol. The Bertz CT molecular complexity index is 1080. The van der Waals surface area contributed by atoms with Gasteiger partial charge in [-0.25, -0.2) is 15.0 Å². The van der Waals surface area contributed by atoms with Gasteiger partial charge in [-0.1, -0.05) is 0 Å². The zero-order chi connectivity index (χ0) is 19.7. The van der Waals surface area contributed by atoms with E-state index in [0.29, 0.717) is 18.7 Å². The number of aliphatic hydroxyl groups is 1. The zero-order valence-corrected chi connectivity index (χ0v) is 17.0. The minimum Gasteiger partial charge on any atom is -0.384 e. The van der Waals surface area contributed by atoms with Crippen LogP contribution in [0, 0.1) is 0 Å². The van der Waals surface area contributed by atoms with Gasteiger partial charge in [-0.05, 0) is 19.1 Å². The van der Waals surface area contributed by atoms with Crippen molar-refractivity contribution in [2.24, 2.45) is 0 Å². The van der Waals surface area contributed by atoms with Crippen LogP contribution < -0.4 is 15.6 Å². The number of nitrogens with one attached hydrogen (secondary N) is 1. The summed E-state index contributed by atoms with van der Waals surface area (Å²) in [7, 11) is 5.55. The third-order valence-corrected chi connectivity index (χ3v) is 6.88. The minimum atomic E-state index is -0.843. The van der Waals surface area contributed by atoms with E-state index in [1.165, 1.54) is 11.3 Å². The maximum Gasteiger partial charge on any atom is 0.169 e. The first-order valence-electron chi connectivity index (χ1n) is 9.09. The van der Waals surface area contributed by atoms with Crippen LogP contribution in [-0.4, -0.2) is 46.9 Å². The van der Waals surface area contributed by atoms with E-state index in [9.17, 15) is 5.11 Å². The number of ether oxygens (including phenoxy) is 1. The zero-order valence-electron chi connectivity index (χ0n) is 16.2. The molecule has 0 unspecified atom stereocenters. The van der Waals surface area contributed by atoms with Gasteiger partial charge in [0.1, 0.15) is 10.4 Å². The number of hydrogen-bond donors (Lipinski definition) is 2. The lowest BCUT2D eigenvalue weighted by molar-refractivity contribution is -0.189. The molecule has 1 aliphatic carbocycles. The molecule has 0 bridgehead atoms. The van der Waals surface area contributed by atoms with Crippen LogP contribution in [0.2, 0.25) is 0 Å². The maximum absolute atomic E-state index is 11.0. The standard InChI is InChI=1S/C19H22N6O2S/c1-18(27-4)9-19(26,10-18)14-6-12-8-20-15(22-17(12)28-14)11-5-13-16(21-7-11)25(3)23-24(13)2/h5-8,23,26H,9-10H2,1-4H3. The number of rotatable bonds is 3. The molecule has 8 nitrogen and oxygen atoms in total. The van der Waals surface area contributed by atoms with E-state index in [-0.39, 0.29) is 5.60 Å². The molecule has 0 amide bonds. The number of aromatic nitrogens is 3. The third kappa shape index (κ3) is 2.58. The van der Waals surface area contributed by atoms with Crippen LogP contribution in [0.5, 0.6) is 0 Å². The molecule has 1 fully saturated rings. The number of nitrogens with zero attached hydrogens (tertiary/aromatic N) is 5. The van der Waals surface area contributed by atoms with Crippen LogP contribution in [0.15, 0.2) is 24.5 Å². The summed E-state index contributed by atoms with van der Waals surface area (Å²) in [5.74, 6) is 1.49. The lowest BCUT2D eigenvalue weighted by Gasteiger charge is -2.50. The van der Waals surface area contributed by atoms with Crippen molar-refractivity contribution in [3.63, 3.8) is 0 Å². The quantitative estimate of drug-likeness (QED) is 0.696. The summed E-state index contributed by atoms with van der Waals surface area (Å²) in [6.07, 6.45) is 4.78. The van der Waals surface area contributed by atoms with Gasteiger partial charge in [0, 0.05) is 62.3 Å². The highest BCUT2D eigenvalue weighted by molar-refractivity contribution is 7.18. The molecule has 9 heteroatoms. The normalized spacial score (nSPS) is 26.6. The number of methoxy groups -OCH3 is 1. The van der Waals surface area contributed by atoms with Gasteiger partial charge in [0.15, 0.2) is 11.6 Å². The van der Waals surface area contributed by atoms with Gasteiger partial charge in [0.2, 0.25) is 0 Å². The van der Waals surface area contributed by atoms with Crippen molar-refractivity contribution in [1.29, 1.82) is 0 Å². The van der Waals surface area contributed by atoms with E-state index in [1.54, 1.807) is 13.3 Å². The molecule has 0 spiro atoms. The number of anilines is 2. The fourth-order valence-electron chi connectivity index (χ4n) is 4.10. The van der Waals surface area contributed by atoms with Crippen LogP contribution in [0.3, 0.4) is 0 Å². The molecule has 146 valence electrons. The van der Waals surface area contributed by atoms with E-state index in [2.05, 4.69) is 15.5 Å². The van der Waals surface area contributed by atoms with Gasteiger partial charge >= 0.3 is 0 Å². The van der Waals surface area contributed by atoms with E-state index >= 15 is 0 Å². The second-order valence-electron chi connectivity index (χ2n) is 7.89. The fraction of sp³-hybridized carbons (Fsp3) is 0.421. The molecule has 5 rings (SSSR count). The maximum atomic E-state index is 11.0. The number of hydrazine groups is 2. The van der Waals surface area contributed by atoms with Crippen LogP contribution in [-0.2, 0) is 10.3 Å². The van der Waals surface area contributed by atoms with E-state index in [1.807, 2.05) is 49.4 Å². The summed E-state index contributed by atoms with van der Waals surface area (Å²) in [5, 5.41) is 15.7. The average Bonchev–Trinajstić information content (AvgIpc) is 3.21. The second-order valence-corrected chi connectivity index (χ2v) is 8.92. The van der Waals surface area contributed by atoms with Crippen LogP contribution in [0.4, 0.5) is 11.5 Å². The lowest BCUT2D eigenvalue weighted by atomic mass is 9.67. The molecule has 28 heavy (non-hydrogen) atoms. The van der Waals surface area contributed by atoms with Crippen LogP contribution in [0.1, 0.15) is 24.6 Å². The van der Waals surface area contributed by atoms with Crippen molar-refractivity contribution in [3.05, 3.63) is 29.4 Å². The largest absolute Gasteiger partial charge is 0.384 e. The Labute approximate surface area is 166 Å². The third-order valence-electron chi connectivity index (χ3n) is 5.64. The number of fused-ring (bicyclic) bond motifs is 2. The van der Waals surface area contributed by atoms with Gasteiger partial charge in [-0.3, -0.25) is 10.0 Å². The van der Waals surface area contributed by atoms with E-state index < -0.39 is 5.60 Å². The molecule has 0 atom stereocenters. The fourth-order valence-corrected chi connectivity index (χ4v) is 5.19.